The fourth-order valence-electron chi connectivity index (χ4n) is 1.27. The fourth-order valence-corrected chi connectivity index (χ4v) is 1.27. The quantitative estimate of drug-likeness (QED) is 0.345. The molecule has 0 fully saturated rings. The first-order chi connectivity index (χ1) is 9.81. The highest BCUT2D eigenvalue weighted by Crippen LogP contribution is 2.09. The van der Waals surface area contributed by atoms with Crippen molar-refractivity contribution in [3.63, 3.8) is 0 Å². The van der Waals surface area contributed by atoms with Crippen LogP contribution < -0.4 is 10.2 Å². The number of carboxylic acid groups (broad SMARTS) is 1. The average molecular weight is 294 g/mol. The molecule has 0 aliphatic rings. The molecule has 0 spiro atoms. The molecule has 0 saturated heterocycles. The molecule has 8 nitrogen and oxygen atoms in total. The van der Waals surface area contributed by atoms with Gasteiger partial charge in [-0.3, -0.25) is 0 Å². The third-order valence-electron chi connectivity index (χ3n) is 2.27. The van der Waals surface area contributed by atoms with Gasteiger partial charge in [-0.05, 0) is 26.0 Å². The summed E-state index contributed by atoms with van der Waals surface area (Å²) < 4.78 is 4.84. The topological polar surface area (TPSA) is 105 Å². The molecule has 21 heavy (non-hydrogen) atoms. The normalized spacial score (nSPS) is 11.2. The Hall–Kier alpha value is -2.64. The van der Waals surface area contributed by atoms with Gasteiger partial charge in [-0.2, -0.15) is 0 Å². The van der Waals surface area contributed by atoms with Crippen molar-refractivity contribution in [3.05, 3.63) is 23.9 Å². The van der Waals surface area contributed by atoms with Crippen molar-refractivity contribution in [1.82, 2.24) is 10.2 Å². The van der Waals surface area contributed by atoms with E-state index < -0.39 is 23.6 Å². The minimum Gasteiger partial charge on any atom is -0.477 e. The van der Waals surface area contributed by atoms with Gasteiger partial charge in [-0.1, -0.05) is 0 Å². The smallest absolute Gasteiger partial charge is 0.347 e. The molecule has 0 aromatic carbocycles. The predicted octanol–water partition coefficient (Wildman–Crippen LogP) is 0.875. The Labute approximate surface area is 122 Å². The zero-order valence-electron chi connectivity index (χ0n) is 12.3. The van der Waals surface area contributed by atoms with Crippen LogP contribution >= 0.6 is 0 Å². The lowest BCUT2D eigenvalue weighted by Crippen LogP contribution is -2.20. The van der Waals surface area contributed by atoms with Gasteiger partial charge in [0.25, 0.3) is 0 Å². The molecule has 0 bridgehead atoms. The van der Waals surface area contributed by atoms with E-state index in [0.29, 0.717) is 11.6 Å². The highest BCUT2D eigenvalue weighted by Gasteiger charge is 2.20. The second-order valence-electron chi connectivity index (χ2n) is 4.63. The lowest BCUT2D eigenvalue weighted by atomic mass is 10.3. The maximum atomic E-state index is 11.6. The molecule has 1 rings (SSSR count). The fraction of sp³-hybridized carbons (Fsp3) is 0.385. The zero-order valence-corrected chi connectivity index (χ0v) is 12.3. The standard InChI is InChI=1S/C13H18N4O4/c1-8(2)21-13(20)9(12(18)19)7-14-10-5-6-11(16-15-10)17(3)4/h5-8H,1-4H3,(H,14,15)(H,18,19). The number of ether oxygens (including phenoxy) is 1. The Balaban J connectivity index is 2.83. The van der Waals surface area contributed by atoms with E-state index in [1.807, 2.05) is 14.1 Å². The van der Waals surface area contributed by atoms with Gasteiger partial charge in [-0.15, -0.1) is 10.2 Å². The van der Waals surface area contributed by atoms with Crippen LogP contribution in [-0.4, -0.2) is 47.4 Å². The molecular formula is C13H18N4O4. The molecule has 0 saturated carbocycles. The van der Waals surface area contributed by atoms with E-state index in [4.69, 9.17) is 9.84 Å². The maximum absolute atomic E-state index is 11.6. The van der Waals surface area contributed by atoms with Gasteiger partial charge >= 0.3 is 11.9 Å². The number of hydrogen-bond donors (Lipinski definition) is 2. The van der Waals surface area contributed by atoms with Crippen molar-refractivity contribution < 1.29 is 19.4 Å². The van der Waals surface area contributed by atoms with E-state index in [1.165, 1.54) is 0 Å². The molecule has 1 heterocycles. The van der Waals surface area contributed by atoms with Gasteiger partial charge in [0, 0.05) is 20.3 Å². The summed E-state index contributed by atoms with van der Waals surface area (Å²) in [7, 11) is 3.64. The number of nitrogens with zero attached hydrogens (tertiary/aromatic N) is 3. The summed E-state index contributed by atoms with van der Waals surface area (Å²) in [5, 5.41) is 19.4. The van der Waals surface area contributed by atoms with Crippen LogP contribution in [0.1, 0.15) is 13.8 Å². The number of rotatable bonds is 6. The summed E-state index contributed by atoms with van der Waals surface area (Å²) in [5.74, 6) is -1.33. The Morgan fingerprint density at radius 1 is 1.33 bits per heavy atom. The number of anilines is 2. The summed E-state index contributed by atoms with van der Waals surface area (Å²) in [6.07, 6.45) is 0.631. The van der Waals surface area contributed by atoms with Gasteiger partial charge < -0.3 is 20.1 Å². The van der Waals surface area contributed by atoms with Crippen LogP contribution in [0.2, 0.25) is 0 Å². The molecule has 0 atom stereocenters. The van der Waals surface area contributed by atoms with Crippen molar-refractivity contribution in [2.45, 2.75) is 20.0 Å². The molecule has 1 aromatic heterocycles. The second kappa shape index (κ2) is 7.22. The van der Waals surface area contributed by atoms with E-state index in [0.717, 1.165) is 6.20 Å². The molecule has 0 aliphatic carbocycles. The number of aliphatic carboxylic acids is 1. The molecule has 8 heteroatoms. The third-order valence-corrected chi connectivity index (χ3v) is 2.27. The largest absolute Gasteiger partial charge is 0.477 e. The molecular weight excluding hydrogens is 276 g/mol. The number of carbonyl (C=O) groups is 2. The summed E-state index contributed by atoms with van der Waals surface area (Å²) in [4.78, 5) is 24.4. The molecule has 114 valence electrons. The molecule has 0 amide bonds. The van der Waals surface area contributed by atoms with Gasteiger partial charge in [0.2, 0.25) is 0 Å². The van der Waals surface area contributed by atoms with Gasteiger partial charge in [0.15, 0.2) is 17.2 Å². The molecule has 0 radical (unpaired) electrons. The molecule has 1 aromatic rings. The van der Waals surface area contributed by atoms with E-state index in [9.17, 15) is 9.59 Å². The Morgan fingerprint density at radius 3 is 2.43 bits per heavy atom. The van der Waals surface area contributed by atoms with Crippen LogP contribution in [0.4, 0.5) is 11.6 Å². The van der Waals surface area contributed by atoms with E-state index >= 15 is 0 Å². The summed E-state index contributed by atoms with van der Waals surface area (Å²) >= 11 is 0. The third kappa shape index (κ3) is 5.09. The highest BCUT2D eigenvalue weighted by atomic mass is 16.5. The van der Waals surface area contributed by atoms with Gasteiger partial charge in [0.1, 0.15) is 0 Å². The minimum absolute atomic E-state index is 0.316. The summed E-state index contributed by atoms with van der Waals surface area (Å²) in [5.41, 5.74) is -0.512. The van der Waals surface area contributed by atoms with Gasteiger partial charge in [0.05, 0.1) is 6.10 Å². The Morgan fingerprint density at radius 2 is 2.00 bits per heavy atom. The zero-order chi connectivity index (χ0) is 16.0. The Kier molecular flexibility index (Phi) is 5.65. The van der Waals surface area contributed by atoms with Gasteiger partial charge in [-0.25, -0.2) is 9.59 Å². The molecule has 2 N–H and O–H groups in total. The summed E-state index contributed by atoms with van der Waals surface area (Å²) in [6, 6.07) is 3.32. The van der Waals surface area contributed by atoms with Crippen molar-refractivity contribution in [1.29, 1.82) is 0 Å². The number of nitrogens with one attached hydrogen (secondary N) is 1. The number of hydrogen-bond acceptors (Lipinski definition) is 7. The monoisotopic (exact) mass is 294 g/mol. The van der Waals surface area contributed by atoms with E-state index in [2.05, 4.69) is 15.5 Å². The van der Waals surface area contributed by atoms with Crippen LogP contribution in [0.3, 0.4) is 0 Å². The van der Waals surface area contributed by atoms with Crippen LogP contribution in [0.15, 0.2) is 23.9 Å². The maximum Gasteiger partial charge on any atom is 0.347 e. The Bertz CT molecular complexity index is 538. The van der Waals surface area contributed by atoms with E-state index in [-0.39, 0.29) is 0 Å². The molecule has 0 unspecified atom stereocenters. The van der Waals surface area contributed by atoms with Crippen LogP contribution in [0.25, 0.3) is 0 Å². The van der Waals surface area contributed by atoms with Crippen molar-refractivity contribution in [2.75, 3.05) is 24.3 Å². The van der Waals surface area contributed by atoms with Crippen LogP contribution in [0, 0.1) is 0 Å². The first-order valence-electron chi connectivity index (χ1n) is 6.23. The number of carboxylic acids is 1. The van der Waals surface area contributed by atoms with Crippen molar-refractivity contribution >= 4 is 23.6 Å². The lowest BCUT2D eigenvalue weighted by Gasteiger charge is -2.10. The number of carbonyl (C=O) groups excluding carboxylic acids is 1. The van der Waals surface area contributed by atoms with E-state index in [1.54, 1.807) is 30.9 Å². The predicted molar refractivity (Wildman–Crippen MR) is 76.9 cm³/mol. The van der Waals surface area contributed by atoms with Crippen LogP contribution in [0.5, 0.6) is 0 Å². The summed E-state index contributed by atoms with van der Waals surface area (Å²) in [6.45, 7) is 3.27. The second-order valence-corrected chi connectivity index (χ2v) is 4.63. The SMILES string of the molecule is CC(C)OC(=O)C(=CNc1ccc(N(C)C)nn1)C(=O)O. The molecule has 0 aliphatic heterocycles. The lowest BCUT2D eigenvalue weighted by molar-refractivity contribution is -0.146. The average Bonchev–Trinajstić information content (AvgIpc) is 2.38. The number of aromatic nitrogens is 2. The minimum atomic E-state index is -1.38. The first-order valence-corrected chi connectivity index (χ1v) is 6.23. The number of esters is 1. The van der Waals surface area contributed by atoms with Crippen LogP contribution in [-0.2, 0) is 14.3 Å². The van der Waals surface area contributed by atoms with Crippen molar-refractivity contribution in [2.24, 2.45) is 0 Å². The van der Waals surface area contributed by atoms with Crippen molar-refractivity contribution in [3.8, 4) is 0 Å². The highest BCUT2D eigenvalue weighted by molar-refractivity contribution is 6.13. The first kappa shape index (κ1) is 16.4.